The second-order valence-corrected chi connectivity index (χ2v) is 4.62. The highest BCUT2D eigenvalue weighted by atomic mass is 16.4. The number of imidazole rings is 1. The predicted octanol–water partition coefficient (Wildman–Crippen LogP) is 2.79. The third-order valence-corrected chi connectivity index (χ3v) is 3.29. The first kappa shape index (κ1) is 12.9. The summed E-state index contributed by atoms with van der Waals surface area (Å²) in [6.07, 6.45) is 2.03. The minimum absolute atomic E-state index is 0.227. The van der Waals surface area contributed by atoms with Crippen LogP contribution in [-0.2, 0) is 6.42 Å². The molecule has 0 aliphatic heterocycles. The van der Waals surface area contributed by atoms with Gasteiger partial charge in [0.25, 0.3) is 0 Å². The van der Waals surface area contributed by atoms with Gasteiger partial charge in [0, 0.05) is 5.69 Å². The fourth-order valence-electron chi connectivity index (χ4n) is 2.21. The second kappa shape index (κ2) is 5.10. The molecule has 5 nitrogen and oxygen atoms in total. The van der Waals surface area contributed by atoms with Gasteiger partial charge in [-0.25, -0.2) is 9.78 Å². The van der Waals surface area contributed by atoms with Gasteiger partial charge >= 0.3 is 5.97 Å². The van der Waals surface area contributed by atoms with Crippen molar-refractivity contribution in [2.24, 2.45) is 0 Å². The molecule has 0 aliphatic rings. The second-order valence-electron chi connectivity index (χ2n) is 4.62. The van der Waals surface area contributed by atoms with E-state index in [9.17, 15) is 4.79 Å². The molecule has 0 aliphatic carbocycles. The van der Waals surface area contributed by atoms with Gasteiger partial charge in [-0.2, -0.15) is 5.26 Å². The molecule has 0 amide bonds. The molecule has 21 heavy (non-hydrogen) atoms. The fraction of sp³-hybridized carbons (Fsp3) is 0.0625. The Balaban J connectivity index is 2.09. The summed E-state index contributed by atoms with van der Waals surface area (Å²) in [5.41, 5.74) is 3.52. The molecule has 3 rings (SSSR count). The highest BCUT2D eigenvalue weighted by molar-refractivity contribution is 5.92. The third kappa shape index (κ3) is 2.35. The van der Waals surface area contributed by atoms with Gasteiger partial charge in [0.15, 0.2) is 0 Å². The molecule has 5 heteroatoms. The molecule has 0 saturated heterocycles. The Morgan fingerprint density at radius 1 is 1.24 bits per heavy atom. The number of hydrogen-bond donors (Lipinski definition) is 1. The molecule has 2 aromatic carbocycles. The number of benzene rings is 2. The van der Waals surface area contributed by atoms with Crippen LogP contribution < -0.4 is 0 Å². The molecular weight excluding hydrogens is 266 g/mol. The lowest BCUT2D eigenvalue weighted by molar-refractivity contribution is 0.0697. The number of rotatable bonds is 3. The molecule has 3 aromatic rings. The fourth-order valence-corrected chi connectivity index (χ4v) is 2.21. The van der Waals surface area contributed by atoms with Crippen molar-refractivity contribution in [1.82, 2.24) is 9.55 Å². The van der Waals surface area contributed by atoms with E-state index in [0.717, 1.165) is 22.3 Å². The van der Waals surface area contributed by atoms with Gasteiger partial charge in [0.1, 0.15) is 6.33 Å². The van der Waals surface area contributed by atoms with Crippen LogP contribution in [-0.4, -0.2) is 20.6 Å². The van der Waals surface area contributed by atoms with Crippen molar-refractivity contribution >= 4 is 17.0 Å². The van der Waals surface area contributed by atoms with E-state index in [-0.39, 0.29) is 5.56 Å². The molecule has 0 bridgehead atoms. The number of carboxylic acids is 1. The van der Waals surface area contributed by atoms with Crippen molar-refractivity contribution in [3.63, 3.8) is 0 Å². The van der Waals surface area contributed by atoms with E-state index in [2.05, 4.69) is 11.1 Å². The number of carbonyl (C=O) groups is 1. The van der Waals surface area contributed by atoms with Gasteiger partial charge in [0.2, 0.25) is 0 Å². The molecule has 102 valence electrons. The van der Waals surface area contributed by atoms with Gasteiger partial charge in [-0.1, -0.05) is 12.1 Å². The molecule has 1 heterocycles. The van der Waals surface area contributed by atoms with Crippen molar-refractivity contribution in [3.8, 4) is 11.8 Å². The summed E-state index contributed by atoms with van der Waals surface area (Å²) >= 11 is 0. The molecule has 0 fully saturated rings. The SMILES string of the molecule is N#CCc1ccc(-n2cnc3ccc(C(=O)O)cc32)cc1. The van der Waals surface area contributed by atoms with Gasteiger partial charge in [-0.15, -0.1) is 0 Å². The molecule has 0 radical (unpaired) electrons. The van der Waals surface area contributed by atoms with E-state index in [1.807, 2.05) is 28.8 Å². The first-order valence-electron chi connectivity index (χ1n) is 6.36. The van der Waals surface area contributed by atoms with Crippen LogP contribution >= 0.6 is 0 Å². The number of aromatic carboxylic acids is 1. The quantitative estimate of drug-likeness (QED) is 0.798. The van der Waals surface area contributed by atoms with Gasteiger partial charge in [0.05, 0.1) is 29.1 Å². The lowest BCUT2D eigenvalue weighted by Gasteiger charge is -2.05. The molecule has 1 N–H and O–H groups in total. The highest BCUT2D eigenvalue weighted by Crippen LogP contribution is 2.20. The minimum atomic E-state index is -0.964. The Kier molecular flexibility index (Phi) is 3.13. The number of aromatic nitrogens is 2. The molecule has 0 unspecified atom stereocenters. The van der Waals surface area contributed by atoms with Crippen LogP contribution in [0.5, 0.6) is 0 Å². The van der Waals surface area contributed by atoms with Gasteiger partial charge in [-0.3, -0.25) is 4.57 Å². The highest BCUT2D eigenvalue weighted by Gasteiger charge is 2.09. The molecule has 0 spiro atoms. The smallest absolute Gasteiger partial charge is 0.335 e. The van der Waals surface area contributed by atoms with Crippen LogP contribution in [0.1, 0.15) is 15.9 Å². The van der Waals surface area contributed by atoms with Crippen molar-refractivity contribution < 1.29 is 9.90 Å². The Labute approximate surface area is 120 Å². The third-order valence-electron chi connectivity index (χ3n) is 3.29. The average molecular weight is 277 g/mol. The zero-order valence-corrected chi connectivity index (χ0v) is 11.0. The maximum absolute atomic E-state index is 11.1. The first-order chi connectivity index (χ1) is 10.2. The lowest BCUT2D eigenvalue weighted by atomic mass is 10.1. The monoisotopic (exact) mass is 277 g/mol. The Morgan fingerprint density at radius 3 is 2.67 bits per heavy atom. The zero-order chi connectivity index (χ0) is 14.8. The van der Waals surface area contributed by atoms with Crippen molar-refractivity contribution in [2.45, 2.75) is 6.42 Å². The summed E-state index contributed by atoms with van der Waals surface area (Å²) in [6, 6.07) is 14.5. The number of nitrogens with zero attached hydrogens (tertiary/aromatic N) is 3. The number of fused-ring (bicyclic) bond motifs is 1. The lowest BCUT2D eigenvalue weighted by Crippen LogP contribution is -1.97. The number of carboxylic acid groups (broad SMARTS) is 1. The van der Waals surface area contributed by atoms with Crippen molar-refractivity contribution in [1.29, 1.82) is 5.26 Å². The van der Waals surface area contributed by atoms with Crippen LogP contribution in [0.3, 0.4) is 0 Å². The van der Waals surface area contributed by atoms with Crippen LogP contribution in [0.25, 0.3) is 16.7 Å². The van der Waals surface area contributed by atoms with E-state index in [4.69, 9.17) is 10.4 Å². The first-order valence-corrected chi connectivity index (χ1v) is 6.36. The molecule has 0 saturated carbocycles. The van der Waals surface area contributed by atoms with Crippen LogP contribution in [0.4, 0.5) is 0 Å². The zero-order valence-electron chi connectivity index (χ0n) is 11.0. The van der Waals surface area contributed by atoms with Crippen molar-refractivity contribution in [2.75, 3.05) is 0 Å². The van der Waals surface area contributed by atoms with E-state index >= 15 is 0 Å². The predicted molar refractivity (Wildman–Crippen MR) is 77.3 cm³/mol. The van der Waals surface area contributed by atoms with Gasteiger partial charge < -0.3 is 5.11 Å². The van der Waals surface area contributed by atoms with E-state index < -0.39 is 5.97 Å². The minimum Gasteiger partial charge on any atom is -0.478 e. The van der Waals surface area contributed by atoms with Crippen LogP contribution in [0.2, 0.25) is 0 Å². The summed E-state index contributed by atoms with van der Waals surface area (Å²) < 4.78 is 1.83. The van der Waals surface area contributed by atoms with Gasteiger partial charge in [-0.05, 0) is 35.9 Å². The van der Waals surface area contributed by atoms with E-state index in [1.54, 1.807) is 18.5 Å². The summed E-state index contributed by atoms with van der Waals surface area (Å²) in [5, 5.41) is 17.8. The maximum atomic E-state index is 11.1. The standard InChI is InChI=1S/C16H11N3O2/c17-8-7-11-1-4-13(5-2-11)19-10-18-14-6-3-12(16(20)21)9-15(14)19/h1-6,9-10H,7H2,(H,20,21). The molecule has 0 atom stereocenters. The van der Waals surface area contributed by atoms with Crippen LogP contribution in [0, 0.1) is 11.3 Å². The normalized spacial score (nSPS) is 10.4. The Hall–Kier alpha value is -3.13. The topological polar surface area (TPSA) is 78.9 Å². The Bertz CT molecular complexity index is 857. The van der Waals surface area contributed by atoms with E-state index in [0.29, 0.717) is 6.42 Å². The van der Waals surface area contributed by atoms with Crippen LogP contribution in [0.15, 0.2) is 48.8 Å². The number of hydrogen-bond acceptors (Lipinski definition) is 3. The molecular formula is C16H11N3O2. The van der Waals surface area contributed by atoms with Crippen molar-refractivity contribution in [3.05, 3.63) is 59.9 Å². The number of nitriles is 1. The average Bonchev–Trinajstić information content (AvgIpc) is 2.91. The van der Waals surface area contributed by atoms with E-state index in [1.165, 1.54) is 6.07 Å². The maximum Gasteiger partial charge on any atom is 0.335 e. The summed E-state index contributed by atoms with van der Waals surface area (Å²) in [7, 11) is 0. The summed E-state index contributed by atoms with van der Waals surface area (Å²) in [5.74, 6) is -0.964. The summed E-state index contributed by atoms with van der Waals surface area (Å²) in [4.78, 5) is 15.3. The summed E-state index contributed by atoms with van der Waals surface area (Å²) in [6.45, 7) is 0. The largest absolute Gasteiger partial charge is 0.478 e. The molecule has 1 aromatic heterocycles. The Morgan fingerprint density at radius 2 is 2.00 bits per heavy atom.